The number of imidazole rings is 1. The Morgan fingerprint density at radius 2 is 1.46 bits per heavy atom. The number of nitro benzene ring substituents is 1. The van der Waals surface area contributed by atoms with Gasteiger partial charge in [0.05, 0.1) is 21.7 Å². The Kier molecular flexibility index (Phi) is 3.66. The van der Waals surface area contributed by atoms with Crippen molar-refractivity contribution < 1.29 is 4.92 Å². The molecule has 0 amide bonds. The van der Waals surface area contributed by atoms with E-state index in [1.165, 1.54) is 12.1 Å². The molecule has 2 aromatic heterocycles. The molecule has 0 radical (unpaired) electrons. The topological polar surface area (TPSA) is 60.4 Å². The van der Waals surface area contributed by atoms with Crippen molar-refractivity contribution >= 4 is 22.4 Å². The molecule has 3 aromatic carbocycles. The van der Waals surface area contributed by atoms with E-state index in [0.29, 0.717) is 0 Å². The van der Waals surface area contributed by atoms with Crippen molar-refractivity contribution in [3.05, 3.63) is 101 Å². The van der Waals surface area contributed by atoms with Crippen molar-refractivity contribution in [3.8, 4) is 22.4 Å². The molecule has 5 rings (SSSR count). The number of hydrogen-bond donors (Lipinski definition) is 0. The molecule has 0 N–H and O–H groups in total. The van der Waals surface area contributed by atoms with E-state index in [-0.39, 0.29) is 10.6 Å². The summed E-state index contributed by atoms with van der Waals surface area (Å²) >= 11 is 0. The normalized spacial score (nSPS) is 11.1. The maximum absolute atomic E-state index is 11.0. The number of non-ortho nitro benzene ring substituents is 1. The standard InChI is InChI=1S/C23H15N3O2/c27-26(28)18-12-10-16(11-13-18)19-14-15-21(17-6-2-1-3-7-17)25-22-9-5-4-8-20(22)24-23(19)25/h1-15H. The summed E-state index contributed by atoms with van der Waals surface area (Å²) in [4.78, 5) is 15.4. The van der Waals surface area contributed by atoms with Crippen LogP contribution in [0.1, 0.15) is 0 Å². The lowest BCUT2D eigenvalue weighted by atomic mass is 10.0. The summed E-state index contributed by atoms with van der Waals surface area (Å²) in [5.41, 5.74) is 6.83. The van der Waals surface area contributed by atoms with E-state index < -0.39 is 0 Å². The fourth-order valence-corrected chi connectivity index (χ4v) is 3.58. The second-order valence-corrected chi connectivity index (χ2v) is 6.56. The van der Waals surface area contributed by atoms with Crippen molar-refractivity contribution in [2.45, 2.75) is 0 Å². The van der Waals surface area contributed by atoms with Crippen LogP contribution in [-0.4, -0.2) is 14.3 Å². The molecule has 0 saturated carbocycles. The first-order chi connectivity index (χ1) is 13.7. The molecule has 0 aliphatic rings. The van der Waals surface area contributed by atoms with Gasteiger partial charge in [-0.2, -0.15) is 0 Å². The molecule has 2 heterocycles. The summed E-state index contributed by atoms with van der Waals surface area (Å²) in [6, 6.07) is 28.9. The number of rotatable bonds is 3. The average molecular weight is 365 g/mol. The predicted molar refractivity (Wildman–Crippen MR) is 110 cm³/mol. The Morgan fingerprint density at radius 1 is 0.750 bits per heavy atom. The first-order valence-electron chi connectivity index (χ1n) is 8.93. The fraction of sp³-hybridized carbons (Fsp3) is 0. The first kappa shape index (κ1) is 16.2. The third-order valence-corrected chi connectivity index (χ3v) is 4.91. The van der Waals surface area contributed by atoms with Gasteiger partial charge in [-0.3, -0.25) is 14.5 Å². The number of para-hydroxylation sites is 2. The molecule has 0 aliphatic carbocycles. The number of benzene rings is 3. The number of aromatic nitrogens is 2. The number of fused-ring (bicyclic) bond motifs is 3. The van der Waals surface area contributed by atoms with E-state index in [1.54, 1.807) is 12.1 Å². The van der Waals surface area contributed by atoms with Crippen LogP contribution in [0.4, 0.5) is 5.69 Å². The van der Waals surface area contributed by atoms with E-state index in [0.717, 1.165) is 39.1 Å². The van der Waals surface area contributed by atoms with E-state index in [2.05, 4.69) is 28.7 Å². The first-order valence-corrected chi connectivity index (χ1v) is 8.93. The Bertz CT molecular complexity index is 1320. The second kappa shape index (κ2) is 6.32. The molecule has 28 heavy (non-hydrogen) atoms. The van der Waals surface area contributed by atoms with Crippen LogP contribution in [-0.2, 0) is 0 Å². The van der Waals surface area contributed by atoms with Crippen LogP contribution in [0.3, 0.4) is 0 Å². The van der Waals surface area contributed by atoms with E-state index in [1.807, 2.05) is 42.5 Å². The Balaban J connectivity index is 1.82. The molecule has 0 aliphatic heterocycles. The van der Waals surface area contributed by atoms with Crippen LogP contribution >= 0.6 is 0 Å². The third kappa shape index (κ3) is 2.53. The number of nitro groups is 1. The van der Waals surface area contributed by atoms with Gasteiger partial charge in [-0.1, -0.05) is 42.5 Å². The SMILES string of the molecule is O=[N+]([O-])c1ccc(-c2ccc(-c3ccccc3)n3c2nc2ccccc23)cc1. The monoisotopic (exact) mass is 365 g/mol. The lowest BCUT2D eigenvalue weighted by Crippen LogP contribution is -1.95. The van der Waals surface area contributed by atoms with Gasteiger partial charge in [0.15, 0.2) is 0 Å². The number of pyridine rings is 1. The van der Waals surface area contributed by atoms with Crippen LogP contribution in [0.25, 0.3) is 39.1 Å². The minimum absolute atomic E-state index is 0.0779. The molecule has 0 saturated heterocycles. The Hall–Kier alpha value is -3.99. The molecule has 5 nitrogen and oxygen atoms in total. The molecular formula is C23H15N3O2. The van der Waals surface area contributed by atoms with Crippen molar-refractivity contribution in [1.82, 2.24) is 9.38 Å². The van der Waals surface area contributed by atoms with Crippen LogP contribution < -0.4 is 0 Å². The number of nitrogens with zero attached hydrogens (tertiary/aromatic N) is 3. The minimum atomic E-state index is -0.387. The summed E-state index contributed by atoms with van der Waals surface area (Å²) in [5, 5.41) is 11.0. The molecule has 0 fully saturated rings. The highest BCUT2D eigenvalue weighted by molar-refractivity contribution is 5.90. The van der Waals surface area contributed by atoms with E-state index in [9.17, 15) is 10.1 Å². The van der Waals surface area contributed by atoms with Crippen LogP contribution in [0.5, 0.6) is 0 Å². The quantitative estimate of drug-likeness (QED) is 0.303. The zero-order chi connectivity index (χ0) is 19.1. The van der Waals surface area contributed by atoms with Gasteiger partial charge in [0, 0.05) is 17.7 Å². The van der Waals surface area contributed by atoms with Gasteiger partial charge in [-0.15, -0.1) is 0 Å². The molecule has 5 heteroatoms. The van der Waals surface area contributed by atoms with Gasteiger partial charge in [-0.05, 0) is 47.5 Å². The number of hydrogen-bond acceptors (Lipinski definition) is 3. The highest BCUT2D eigenvalue weighted by atomic mass is 16.6. The fourth-order valence-electron chi connectivity index (χ4n) is 3.58. The van der Waals surface area contributed by atoms with Crippen molar-refractivity contribution in [1.29, 1.82) is 0 Å². The molecule has 0 unspecified atom stereocenters. The van der Waals surface area contributed by atoms with Crippen LogP contribution in [0.2, 0.25) is 0 Å². The lowest BCUT2D eigenvalue weighted by molar-refractivity contribution is -0.384. The smallest absolute Gasteiger partial charge is 0.269 e. The molecule has 5 aromatic rings. The maximum atomic E-state index is 11.0. The molecule has 134 valence electrons. The zero-order valence-electron chi connectivity index (χ0n) is 14.8. The molecule has 0 atom stereocenters. The van der Waals surface area contributed by atoms with Crippen LogP contribution in [0.15, 0.2) is 91.0 Å². The van der Waals surface area contributed by atoms with Gasteiger partial charge in [0.1, 0.15) is 5.65 Å². The lowest BCUT2D eigenvalue weighted by Gasteiger charge is -2.11. The zero-order valence-corrected chi connectivity index (χ0v) is 14.8. The minimum Gasteiger partial charge on any atom is -0.292 e. The third-order valence-electron chi connectivity index (χ3n) is 4.91. The second-order valence-electron chi connectivity index (χ2n) is 6.56. The van der Waals surface area contributed by atoms with Crippen molar-refractivity contribution in [3.63, 3.8) is 0 Å². The summed E-state index contributed by atoms with van der Waals surface area (Å²) < 4.78 is 2.15. The largest absolute Gasteiger partial charge is 0.292 e. The van der Waals surface area contributed by atoms with Crippen molar-refractivity contribution in [2.24, 2.45) is 0 Å². The maximum Gasteiger partial charge on any atom is 0.269 e. The Labute approximate surface area is 160 Å². The summed E-state index contributed by atoms with van der Waals surface area (Å²) in [6.45, 7) is 0. The van der Waals surface area contributed by atoms with Crippen molar-refractivity contribution in [2.75, 3.05) is 0 Å². The van der Waals surface area contributed by atoms with Gasteiger partial charge in [0.25, 0.3) is 5.69 Å². The summed E-state index contributed by atoms with van der Waals surface area (Å²) in [5.74, 6) is 0. The molecule has 0 bridgehead atoms. The van der Waals surface area contributed by atoms with Gasteiger partial charge in [-0.25, -0.2) is 4.98 Å². The van der Waals surface area contributed by atoms with Gasteiger partial charge < -0.3 is 0 Å². The average Bonchev–Trinajstić information content (AvgIpc) is 3.13. The summed E-state index contributed by atoms with van der Waals surface area (Å²) in [7, 11) is 0. The van der Waals surface area contributed by atoms with Gasteiger partial charge in [0.2, 0.25) is 0 Å². The van der Waals surface area contributed by atoms with Crippen LogP contribution in [0, 0.1) is 10.1 Å². The highest BCUT2D eigenvalue weighted by Gasteiger charge is 2.15. The van der Waals surface area contributed by atoms with E-state index in [4.69, 9.17) is 4.98 Å². The molecular weight excluding hydrogens is 350 g/mol. The van der Waals surface area contributed by atoms with Gasteiger partial charge >= 0.3 is 0 Å². The highest BCUT2D eigenvalue weighted by Crippen LogP contribution is 2.33. The summed E-state index contributed by atoms with van der Waals surface area (Å²) in [6.07, 6.45) is 0. The predicted octanol–water partition coefficient (Wildman–Crippen LogP) is 5.73. The Morgan fingerprint density at radius 3 is 2.21 bits per heavy atom. The van der Waals surface area contributed by atoms with E-state index >= 15 is 0 Å². The molecule has 0 spiro atoms.